The van der Waals surface area contributed by atoms with Crippen molar-refractivity contribution >= 4 is 46.8 Å². The molecule has 6 rings (SSSR count). The third kappa shape index (κ3) is 8.46. The number of ether oxygens (including phenoxy) is 1. The molecule has 7 N–H and O–H groups in total. The molecule has 4 aromatic carbocycles. The Labute approximate surface area is 276 Å². The average Bonchev–Trinajstić information content (AvgIpc) is 3.09. The number of carbonyl (C=O) groups excluding carboxylic acids is 1. The quantitative estimate of drug-likeness (QED) is 0.104. The fraction of sp³-hybridized carbons (Fsp3) is 0.0556. The van der Waals surface area contributed by atoms with Crippen LogP contribution >= 0.6 is 0 Å². The predicted molar refractivity (Wildman–Crippen MR) is 186 cm³/mol. The fourth-order valence-corrected chi connectivity index (χ4v) is 4.61. The minimum atomic E-state index is -1.02. The highest BCUT2D eigenvalue weighted by Crippen LogP contribution is 2.26. The summed E-state index contributed by atoms with van der Waals surface area (Å²) in [6.45, 7) is 2.08. The topological polar surface area (TPSA) is 191 Å². The summed E-state index contributed by atoms with van der Waals surface area (Å²) in [5.41, 5.74) is 16.4. The molecule has 0 radical (unpaired) electrons. The van der Waals surface area contributed by atoms with Crippen molar-refractivity contribution in [3.05, 3.63) is 132 Å². The van der Waals surface area contributed by atoms with E-state index in [0.717, 1.165) is 11.1 Å². The van der Waals surface area contributed by atoms with Gasteiger partial charge in [-0.15, -0.1) is 0 Å². The summed E-state index contributed by atoms with van der Waals surface area (Å²) >= 11 is 0. The van der Waals surface area contributed by atoms with Crippen LogP contribution in [0.4, 0.5) is 34.9 Å². The first-order chi connectivity index (χ1) is 23.3. The third-order valence-corrected chi connectivity index (χ3v) is 6.73. The molecule has 0 amide bonds. The second kappa shape index (κ2) is 15.5. The molecule has 6 aromatic rings. The van der Waals surface area contributed by atoms with Crippen LogP contribution in [-0.4, -0.2) is 43.6 Å². The number of esters is 1. The number of carboxylic acid groups (broad SMARTS) is 1. The maximum Gasteiger partial charge on any atom is 0.340 e. The smallest absolute Gasteiger partial charge is 0.340 e. The number of nitrogen functional groups attached to an aromatic ring is 2. The van der Waals surface area contributed by atoms with Crippen LogP contribution in [0.3, 0.4) is 0 Å². The first kappa shape index (κ1) is 32.6. The van der Waals surface area contributed by atoms with E-state index in [0.29, 0.717) is 46.6 Å². The minimum Gasteiger partial charge on any atom is -0.478 e. The highest BCUT2D eigenvalue weighted by atomic mass is 16.5. The molecule has 2 heterocycles. The van der Waals surface area contributed by atoms with Gasteiger partial charge in [0.15, 0.2) is 0 Å². The van der Waals surface area contributed by atoms with Gasteiger partial charge in [-0.3, -0.25) is 0 Å². The molecule has 0 aliphatic heterocycles. The molecular formula is C36H32N8O4. The number of nitrogens with two attached hydrogens (primary N) is 2. The Morgan fingerprint density at radius 2 is 1.04 bits per heavy atom. The van der Waals surface area contributed by atoms with Gasteiger partial charge in [-0.25, -0.2) is 19.6 Å². The van der Waals surface area contributed by atoms with Gasteiger partial charge in [-0.2, -0.15) is 9.97 Å². The molecule has 240 valence electrons. The Balaban J connectivity index is 0.000000188. The molecule has 0 saturated carbocycles. The van der Waals surface area contributed by atoms with E-state index in [-0.39, 0.29) is 17.5 Å². The molecule has 12 heteroatoms. The van der Waals surface area contributed by atoms with E-state index in [1.54, 1.807) is 55.5 Å². The van der Waals surface area contributed by atoms with Gasteiger partial charge in [0, 0.05) is 23.3 Å². The van der Waals surface area contributed by atoms with Gasteiger partial charge in [0.25, 0.3) is 0 Å². The van der Waals surface area contributed by atoms with E-state index in [9.17, 15) is 14.7 Å². The Hall–Kier alpha value is -6.82. The number of carbonyl (C=O) groups is 2. The van der Waals surface area contributed by atoms with Crippen LogP contribution in [0.25, 0.3) is 22.5 Å². The maximum atomic E-state index is 12.1. The van der Waals surface area contributed by atoms with Gasteiger partial charge in [0.1, 0.15) is 11.6 Å². The van der Waals surface area contributed by atoms with Crippen molar-refractivity contribution < 1.29 is 19.4 Å². The molecule has 12 nitrogen and oxygen atoms in total. The molecule has 0 aliphatic carbocycles. The van der Waals surface area contributed by atoms with Crippen molar-refractivity contribution in [2.45, 2.75) is 6.92 Å². The van der Waals surface area contributed by atoms with Crippen LogP contribution < -0.4 is 22.1 Å². The van der Waals surface area contributed by atoms with Crippen LogP contribution in [0, 0.1) is 0 Å². The summed E-state index contributed by atoms with van der Waals surface area (Å²) in [4.78, 5) is 40.2. The third-order valence-electron chi connectivity index (χ3n) is 6.73. The standard InChI is InChI=1S/C19H18N4O2.C17H14N4O2/c1-2-25-18(24)14-10-6-7-11-15(14)21-17-12-16(22-19(20)23-17)13-8-4-3-5-9-13;18-17-20-14(11-6-2-1-3-7-11)10-15(21-17)19-13-9-5-4-8-12(13)16(22)23/h3-12H,2H2,1H3,(H3,20,21,22,23);1-10H,(H,22,23)(H3,18,19,20,21). The summed E-state index contributed by atoms with van der Waals surface area (Å²) < 4.78 is 5.09. The molecule has 0 fully saturated rings. The van der Waals surface area contributed by atoms with Crippen molar-refractivity contribution in [2.75, 3.05) is 28.7 Å². The number of para-hydroxylation sites is 2. The van der Waals surface area contributed by atoms with Crippen molar-refractivity contribution in [3.63, 3.8) is 0 Å². The van der Waals surface area contributed by atoms with E-state index in [4.69, 9.17) is 16.2 Å². The maximum absolute atomic E-state index is 12.1. The first-order valence-electron chi connectivity index (χ1n) is 14.8. The normalized spacial score (nSPS) is 10.3. The largest absolute Gasteiger partial charge is 0.478 e. The van der Waals surface area contributed by atoms with Crippen molar-refractivity contribution in [2.24, 2.45) is 0 Å². The number of hydrogen-bond acceptors (Lipinski definition) is 11. The number of nitrogens with one attached hydrogen (secondary N) is 2. The molecule has 0 spiro atoms. The van der Waals surface area contributed by atoms with Gasteiger partial charge in [0.05, 0.1) is 40.5 Å². The Kier molecular flexibility index (Phi) is 10.5. The lowest BCUT2D eigenvalue weighted by Gasteiger charge is -2.12. The number of benzene rings is 4. The molecule has 0 atom stereocenters. The van der Waals surface area contributed by atoms with Crippen LogP contribution in [0.2, 0.25) is 0 Å². The van der Waals surface area contributed by atoms with E-state index < -0.39 is 11.9 Å². The van der Waals surface area contributed by atoms with E-state index >= 15 is 0 Å². The molecule has 0 saturated heterocycles. The van der Waals surface area contributed by atoms with Gasteiger partial charge in [-0.1, -0.05) is 84.9 Å². The van der Waals surface area contributed by atoms with Crippen molar-refractivity contribution in [1.82, 2.24) is 19.9 Å². The average molecular weight is 641 g/mol. The van der Waals surface area contributed by atoms with Crippen LogP contribution in [0.15, 0.2) is 121 Å². The molecular weight excluding hydrogens is 608 g/mol. The Morgan fingerprint density at radius 3 is 1.50 bits per heavy atom. The fourth-order valence-electron chi connectivity index (χ4n) is 4.61. The number of carboxylic acids is 1. The number of aromatic nitrogens is 4. The van der Waals surface area contributed by atoms with E-state index in [1.165, 1.54) is 6.07 Å². The van der Waals surface area contributed by atoms with Crippen LogP contribution in [-0.2, 0) is 4.74 Å². The molecule has 0 bridgehead atoms. The minimum absolute atomic E-state index is 0.113. The molecule has 48 heavy (non-hydrogen) atoms. The van der Waals surface area contributed by atoms with Gasteiger partial charge in [-0.05, 0) is 31.2 Å². The second-order valence-corrected chi connectivity index (χ2v) is 10.1. The van der Waals surface area contributed by atoms with Crippen molar-refractivity contribution in [1.29, 1.82) is 0 Å². The number of rotatable bonds is 9. The van der Waals surface area contributed by atoms with Crippen LogP contribution in [0.1, 0.15) is 27.6 Å². The van der Waals surface area contributed by atoms with Crippen LogP contribution in [0.5, 0.6) is 0 Å². The van der Waals surface area contributed by atoms with E-state index in [1.807, 2.05) is 66.7 Å². The number of aromatic carboxylic acids is 1. The summed E-state index contributed by atoms with van der Waals surface area (Å²) in [6.07, 6.45) is 0. The zero-order chi connectivity index (χ0) is 33.9. The first-order valence-corrected chi connectivity index (χ1v) is 14.8. The zero-order valence-electron chi connectivity index (χ0n) is 25.9. The lowest BCUT2D eigenvalue weighted by Crippen LogP contribution is -2.09. The lowest BCUT2D eigenvalue weighted by molar-refractivity contribution is 0.0527. The lowest BCUT2D eigenvalue weighted by atomic mass is 10.1. The number of anilines is 6. The van der Waals surface area contributed by atoms with Gasteiger partial charge >= 0.3 is 11.9 Å². The van der Waals surface area contributed by atoms with Gasteiger partial charge < -0.3 is 31.9 Å². The summed E-state index contributed by atoms with van der Waals surface area (Å²) in [5, 5.41) is 15.4. The Morgan fingerprint density at radius 1 is 0.625 bits per heavy atom. The zero-order valence-corrected chi connectivity index (χ0v) is 25.9. The summed E-state index contributed by atoms with van der Waals surface area (Å²) in [5.74, 6) is -0.207. The SMILES string of the molecule is CCOC(=O)c1ccccc1Nc1cc(-c2ccccc2)nc(N)n1.Nc1nc(Nc2ccccc2C(=O)O)cc(-c2ccccc2)n1. The highest BCUT2D eigenvalue weighted by molar-refractivity contribution is 5.96. The monoisotopic (exact) mass is 640 g/mol. The van der Waals surface area contributed by atoms with E-state index in [2.05, 4.69) is 30.6 Å². The second-order valence-electron chi connectivity index (χ2n) is 10.1. The van der Waals surface area contributed by atoms with Crippen molar-refractivity contribution in [3.8, 4) is 22.5 Å². The van der Waals surface area contributed by atoms with Gasteiger partial charge in [0.2, 0.25) is 11.9 Å². The molecule has 0 unspecified atom stereocenters. The molecule has 0 aliphatic rings. The number of hydrogen-bond donors (Lipinski definition) is 5. The predicted octanol–water partition coefficient (Wildman–Crippen LogP) is 6.81. The number of nitrogens with zero attached hydrogens (tertiary/aromatic N) is 4. The summed E-state index contributed by atoms with van der Waals surface area (Å²) in [6, 6.07) is 36.4. The highest BCUT2D eigenvalue weighted by Gasteiger charge is 2.14. The summed E-state index contributed by atoms with van der Waals surface area (Å²) in [7, 11) is 0. The molecule has 2 aromatic heterocycles. The Bertz CT molecular complexity index is 2020.